The first-order valence-corrected chi connectivity index (χ1v) is 10.2. The largest absolute Gasteiger partial charge is 0.859 e. The summed E-state index contributed by atoms with van der Waals surface area (Å²) >= 11 is 1.27. The minimum atomic E-state index is -3.82. The zero-order chi connectivity index (χ0) is 17.6. The highest BCUT2D eigenvalue weighted by Crippen LogP contribution is 2.39. The van der Waals surface area contributed by atoms with Crippen molar-refractivity contribution in [3.05, 3.63) is 58.5 Å². The van der Waals surface area contributed by atoms with Gasteiger partial charge in [0.1, 0.15) is 5.00 Å². The van der Waals surface area contributed by atoms with Gasteiger partial charge in [0.15, 0.2) is 0 Å². The Morgan fingerprint density at radius 3 is 2.64 bits per heavy atom. The van der Waals surface area contributed by atoms with Crippen LogP contribution in [0.4, 0.5) is 5.00 Å². The molecule has 128 valence electrons. The molecular weight excluding hydrogens is 356 g/mol. The molecular formula is C18H15N2O3S2-. The molecule has 0 bridgehead atoms. The standard InChI is InChI=1S/C18H16N2O3S2/c19-17(21)16-14-6-3-7-15(14)24-18(16)20-25(22,23)13-9-8-11-4-1-2-5-12(11)10-13/h1-2,4-5,8-10,20H,3,6-7H2,(H2,19,21)/p-1. The molecule has 2 N–H and O–H groups in total. The van der Waals surface area contributed by atoms with Crippen LogP contribution in [0.1, 0.15) is 22.4 Å². The maximum absolute atomic E-state index is 12.8. The van der Waals surface area contributed by atoms with Crippen molar-refractivity contribution in [2.45, 2.75) is 24.2 Å². The zero-order valence-corrected chi connectivity index (χ0v) is 14.8. The van der Waals surface area contributed by atoms with Gasteiger partial charge in [0.25, 0.3) is 10.0 Å². The third-order valence-electron chi connectivity index (χ3n) is 4.41. The maximum Gasteiger partial charge on any atom is 0.262 e. The smallest absolute Gasteiger partial charge is 0.262 e. The van der Waals surface area contributed by atoms with Crippen LogP contribution >= 0.6 is 11.3 Å². The van der Waals surface area contributed by atoms with Gasteiger partial charge in [-0.3, -0.25) is 4.72 Å². The van der Waals surface area contributed by atoms with Crippen molar-refractivity contribution < 1.29 is 13.5 Å². The molecule has 2 aromatic carbocycles. The van der Waals surface area contributed by atoms with Crippen LogP contribution in [-0.2, 0) is 22.9 Å². The van der Waals surface area contributed by atoms with Crippen LogP contribution in [0, 0.1) is 5.41 Å². The number of thiophene rings is 1. The normalized spacial score (nSPS) is 13.8. The molecule has 25 heavy (non-hydrogen) atoms. The minimum absolute atomic E-state index is 0.142. The average Bonchev–Trinajstić information content (AvgIpc) is 3.14. The highest BCUT2D eigenvalue weighted by Gasteiger charge is 2.25. The van der Waals surface area contributed by atoms with Crippen molar-refractivity contribution >= 4 is 43.0 Å². The van der Waals surface area contributed by atoms with Gasteiger partial charge in [-0.2, -0.15) is 0 Å². The second kappa shape index (κ2) is 5.86. The molecule has 0 spiro atoms. The summed E-state index contributed by atoms with van der Waals surface area (Å²) in [7, 11) is -3.82. The van der Waals surface area contributed by atoms with Gasteiger partial charge < -0.3 is 10.5 Å². The Morgan fingerprint density at radius 1 is 1.12 bits per heavy atom. The quantitative estimate of drug-likeness (QED) is 0.545. The van der Waals surface area contributed by atoms with Gasteiger partial charge in [-0.25, -0.2) is 8.42 Å². The van der Waals surface area contributed by atoms with E-state index in [-0.39, 0.29) is 15.5 Å². The van der Waals surface area contributed by atoms with Crippen molar-refractivity contribution in [2.75, 3.05) is 4.72 Å². The van der Waals surface area contributed by atoms with Gasteiger partial charge >= 0.3 is 0 Å². The summed E-state index contributed by atoms with van der Waals surface area (Å²) in [6.07, 6.45) is 2.50. The molecule has 0 amide bonds. The molecule has 1 aliphatic rings. The van der Waals surface area contributed by atoms with Gasteiger partial charge in [-0.1, -0.05) is 30.3 Å². The minimum Gasteiger partial charge on any atom is -0.859 e. The third-order valence-corrected chi connectivity index (χ3v) is 7.09. The van der Waals surface area contributed by atoms with Gasteiger partial charge in [-0.15, -0.1) is 11.3 Å². The van der Waals surface area contributed by atoms with Crippen molar-refractivity contribution in [1.82, 2.24) is 0 Å². The zero-order valence-electron chi connectivity index (χ0n) is 13.2. The fourth-order valence-electron chi connectivity index (χ4n) is 3.23. The van der Waals surface area contributed by atoms with Crippen LogP contribution in [0.3, 0.4) is 0 Å². The Hall–Kier alpha value is -2.38. The topological polar surface area (TPSA) is 93.1 Å². The summed E-state index contributed by atoms with van der Waals surface area (Å²) in [6.45, 7) is 0. The van der Waals surface area contributed by atoms with Crippen molar-refractivity contribution in [2.24, 2.45) is 0 Å². The van der Waals surface area contributed by atoms with Crippen LogP contribution in [0.5, 0.6) is 0 Å². The lowest BCUT2D eigenvalue weighted by molar-refractivity contribution is -0.214. The van der Waals surface area contributed by atoms with E-state index in [9.17, 15) is 13.5 Å². The first kappa shape index (κ1) is 16.1. The fourth-order valence-corrected chi connectivity index (χ4v) is 5.86. The second-order valence-electron chi connectivity index (χ2n) is 6.01. The molecule has 0 saturated heterocycles. The summed E-state index contributed by atoms with van der Waals surface area (Å²) in [6, 6.07) is 12.4. The van der Waals surface area contributed by atoms with E-state index in [1.54, 1.807) is 18.2 Å². The lowest BCUT2D eigenvalue weighted by Gasteiger charge is -2.13. The molecule has 0 fully saturated rings. The van der Waals surface area contributed by atoms with Crippen molar-refractivity contribution in [3.8, 4) is 0 Å². The van der Waals surface area contributed by atoms with E-state index in [0.717, 1.165) is 40.5 Å². The third kappa shape index (κ3) is 2.79. The Kier molecular flexibility index (Phi) is 3.77. The summed E-state index contributed by atoms with van der Waals surface area (Å²) in [5, 5.41) is 21.3. The lowest BCUT2D eigenvalue weighted by atomic mass is 10.1. The Bertz CT molecular complexity index is 1100. The number of nitrogens with one attached hydrogen (secondary N) is 2. The number of fused-ring (bicyclic) bond motifs is 2. The van der Waals surface area contributed by atoms with Gasteiger partial charge in [0.2, 0.25) is 0 Å². The molecule has 1 aliphatic carbocycles. The molecule has 0 saturated carbocycles. The molecule has 7 heteroatoms. The van der Waals surface area contributed by atoms with Gasteiger partial charge in [0.05, 0.1) is 4.90 Å². The molecule has 1 heterocycles. The van der Waals surface area contributed by atoms with Crippen LogP contribution < -0.4 is 9.83 Å². The van der Waals surface area contributed by atoms with E-state index in [4.69, 9.17) is 5.41 Å². The first-order valence-electron chi connectivity index (χ1n) is 7.88. The molecule has 1 aromatic heterocycles. The number of hydrogen-bond acceptors (Lipinski definition) is 5. The Balaban J connectivity index is 1.75. The van der Waals surface area contributed by atoms with E-state index in [1.165, 1.54) is 11.3 Å². The fraction of sp³-hybridized carbons (Fsp3) is 0.167. The van der Waals surface area contributed by atoms with Crippen LogP contribution in [0.15, 0.2) is 47.4 Å². The number of benzene rings is 2. The van der Waals surface area contributed by atoms with Crippen LogP contribution in [0.25, 0.3) is 10.8 Å². The van der Waals surface area contributed by atoms with Crippen LogP contribution in [0.2, 0.25) is 0 Å². The highest BCUT2D eigenvalue weighted by molar-refractivity contribution is 7.93. The summed E-state index contributed by atoms with van der Waals surface area (Å²) in [4.78, 5) is 1.15. The second-order valence-corrected chi connectivity index (χ2v) is 8.79. The van der Waals surface area contributed by atoms with E-state index in [2.05, 4.69) is 4.72 Å². The monoisotopic (exact) mass is 371 g/mol. The average molecular weight is 371 g/mol. The SMILES string of the molecule is N=C([O-])c1c(NS(=O)(=O)c2ccc3ccccc3c2)sc2c1CCC2. The molecule has 0 atom stereocenters. The Labute approximate surface area is 149 Å². The van der Waals surface area contributed by atoms with Gasteiger partial charge in [0, 0.05) is 10.4 Å². The van der Waals surface area contributed by atoms with E-state index in [0.29, 0.717) is 0 Å². The van der Waals surface area contributed by atoms with E-state index >= 15 is 0 Å². The van der Waals surface area contributed by atoms with Gasteiger partial charge in [-0.05, 0) is 53.6 Å². The number of rotatable bonds is 4. The van der Waals surface area contributed by atoms with Crippen molar-refractivity contribution in [1.29, 1.82) is 5.41 Å². The van der Waals surface area contributed by atoms with Crippen LogP contribution in [-0.4, -0.2) is 14.3 Å². The maximum atomic E-state index is 12.8. The van der Waals surface area contributed by atoms with E-state index in [1.807, 2.05) is 24.3 Å². The number of anilines is 1. The number of hydrogen-bond donors (Lipinski definition) is 2. The van der Waals surface area contributed by atoms with E-state index < -0.39 is 15.9 Å². The first-order chi connectivity index (χ1) is 12.0. The molecule has 3 aromatic rings. The number of sulfonamides is 1. The predicted octanol–water partition coefficient (Wildman–Crippen LogP) is 2.88. The predicted molar refractivity (Wildman–Crippen MR) is 97.9 cm³/mol. The summed E-state index contributed by atoms with van der Waals surface area (Å²) in [5.74, 6) is -0.837. The highest BCUT2D eigenvalue weighted by atomic mass is 32.2. The lowest BCUT2D eigenvalue weighted by Crippen LogP contribution is -2.21. The van der Waals surface area contributed by atoms with Crippen molar-refractivity contribution in [3.63, 3.8) is 0 Å². The Morgan fingerprint density at radius 2 is 1.88 bits per heavy atom. The molecule has 4 rings (SSSR count). The summed E-state index contributed by atoms with van der Waals surface area (Å²) in [5.41, 5.74) is 1.04. The molecule has 0 unspecified atom stereocenters. The summed E-state index contributed by atoms with van der Waals surface area (Å²) < 4.78 is 28.1. The number of aryl methyl sites for hydroxylation is 1. The molecule has 0 radical (unpaired) electrons. The molecule has 5 nitrogen and oxygen atoms in total. The molecule has 0 aliphatic heterocycles.